The minimum atomic E-state index is -1.27. The lowest BCUT2D eigenvalue weighted by Gasteiger charge is -1.92. The summed E-state index contributed by atoms with van der Waals surface area (Å²) in [5, 5.41) is 8.40. The van der Waals surface area contributed by atoms with Gasteiger partial charge in [-0.25, -0.2) is 9.78 Å². The molecule has 0 bridgehead atoms. The van der Waals surface area contributed by atoms with Gasteiger partial charge in [0, 0.05) is 6.20 Å². The summed E-state index contributed by atoms with van der Waals surface area (Å²) in [6.07, 6.45) is 1.04. The van der Waals surface area contributed by atoms with Gasteiger partial charge in [-0.2, -0.15) is 0 Å². The van der Waals surface area contributed by atoms with E-state index in [9.17, 15) is 9.59 Å². The molecule has 0 atom stereocenters. The van der Waals surface area contributed by atoms with E-state index in [1.54, 1.807) is 6.92 Å². The predicted molar refractivity (Wildman–Crippen MR) is 47.9 cm³/mol. The van der Waals surface area contributed by atoms with E-state index >= 15 is 0 Å². The normalized spacial score (nSPS) is 8.54. The van der Waals surface area contributed by atoms with Crippen LogP contribution in [0.4, 0.5) is 0 Å². The molecule has 5 heteroatoms. The Labute approximate surface area is 75.5 Å². The highest BCUT2D eigenvalue weighted by Crippen LogP contribution is 1.87. The minimum absolute atomic E-state index is 0.337. The summed E-state index contributed by atoms with van der Waals surface area (Å²) in [6, 6.07) is 0. The molecule has 0 saturated carbocycles. The predicted octanol–water partition coefficient (Wildman–Crippen LogP) is 0.803. The fourth-order valence-electron chi connectivity index (χ4n) is 0.636. The van der Waals surface area contributed by atoms with Crippen LogP contribution < -0.4 is 5.56 Å². The first-order valence-corrected chi connectivity index (χ1v) is 3.90. The van der Waals surface area contributed by atoms with Gasteiger partial charge in [0.05, 0.1) is 0 Å². The number of carboxylic acids is 1. The fraction of sp³-hybridized carbons (Fsp3) is 0.375. The van der Waals surface area contributed by atoms with Crippen LogP contribution in [0.2, 0.25) is 0 Å². The van der Waals surface area contributed by atoms with E-state index in [-0.39, 0.29) is 5.56 Å². The minimum Gasteiger partial charge on any atom is -0.477 e. The first-order chi connectivity index (χ1) is 6.11. The van der Waals surface area contributed by atoms with Crippen LogP contribution in [0.3, 0.4) is 0 Å². The van der Waals surface area contributed by atoms with Crippen LogP contribution in [0.5, 0.6) is 0 Å². The monoisotopic (exact) mass is 184 g/mol. The van der Waals surface area contributed by atoms with Crippen LogP contribution >= 0.6 is 0 Å². The van der Waals surface area contributed by atoms with E-state index in [0.29, 0.717) is 5.82 Å². The molecule has 5 nitrogen and oxygen atoms in total. The van der Waals surface area contributed by atoms with Crippen molar-refractivity contribution >= 4 is 5.97 Å². The van der Waals surface area contributed by atoms with E-state index < -0.39 is 11.5 Å². The number of aryl methyl sites for hydroxylation is 1. The van der Waals surface area contributed by atoms with Crippen molar-refractivity contribution in [1.82, 2.24) is 9.97 Å². The smallest absolute Gasteiger partial charge is 0.342 e. The van der Waals surface area contributed by atoms with E-state index in [2.05, 4.69) is 9.97 Å². The molecule has 1 aromatic rings. The molecule has 13 heavy (non-hydrogen) atoms. The Morgan fingerprint density at radius 1 is 1.54 bits per heavy atom. The topological polar surface area (TPSA) is 83.0 Å². The second-order valence-electron chi connectivity index (χ2n) is 2.02. The SMILES string of the molecule is CC.Cc1ncc(C(=O)O)c(=O)[nH]1. The van der Waals surface area contributed by atoms with Gasteiger partial charge in [0.15, 0.2) is 0 Å². The van der Waals surface area contributed by atoms with E-state index in [0.717, 1.165) is 6.20 Å². The highest BCUT2D eigenvalue weighted by molar-refractivity contribution is 5.86. The second kappa shape index (κ2) is 5.08. The Kier molecular flexibility index (Phi) is 4.43. The average Bonchev–Trinajstić information content (AvgIpc) is 2.07. The first kappa shape index (κ1) is 11.4. The summed E-state index contributed by atoms with van der Waals surface area (Å²) >= 11 is 0. The summed E-state index contributed by atoms with van der Waals surface area (Å²) in [5.74, 6) is -0.862. The summed E-state index contributed by atoms with van der Waals surface area (Å²) < 4.78 is 0. The Morgan fingerprint density at radius 3 is 2.46 bits per heavy atom. The summed E-state index contributed by atoms with van der Waals surface area (Å²) in [7, 11) is 0. The molecule has 0 aliphatic heterocycles. The van der Waals surface area contributed by atoms with Crippen LogP contribution in [0.1, 0.15) is 30.0 Å². The van der Waals surface area contributed by atoms with Crippen molar-refractivity contribution < 1.29 is 9.90 Å². The summed E-state index contributed by atoms with van der Waals surface area (Å²) in [4.78, 5) is 27.0. The molecule has 0 amide bonds. The van der Waals surface area contributed by atoms with Crippen LogP contribution in [-0.2, 0) is 0 Å². The lowest BCUT2D eigenvalue weighted by molar-refractivity contribution is 0.0694. The third-order valence-corrected chi connectivity index (χ3v) is 1.16. The van der Waals surface area contributed by atoms with Gasteiger partial charge in [0.25, 0.3) is 5.56 Å². The average molecular weight is 184 g/mol. The molecule has 0 radical (unpaired) electrons. The van der Waals surface area contributed by atoms with Crippen molar-refractivity contribution in [3.05, 3.63) is 27.9 Å². The zero-order valence-electron chi connectivity index (χ0n) is 7.79. The molecule has 0 unspecified atom stereocenters. The molecule has 0 spiro atoms. The molecule has 0 saturated heterocycles. The summed E-state index contributed by atoms with van der Waals surface area (Å²) in [5.41, 5.74) is -0.958. The standard InChI is InChI=1S/C6H6N2O3.C2H6/c1-3-7-2-4(6(10)11)5(9)8-3;1-2/h2H,1H3,(H,10,11)(H,7,8,9);1-2H3. The lowest BCUT2D eigenvalue weighted by atomic mass is 10.3. The third-order valence-electron chi connectivity index (χ3n) is 1.16. The van der Waals surface area contributed by atoms with Crippen LogP contribution in [0.15, 0.2) is 11.0 Å². The first-order valence-electron chi connectivity index (χ1n) is 3.90. The number of carboxylic acid groups (broad SMARTS) is 1. The molecular weight excluding hydrogens is 172 g/mol. The molecule has 0 aliphatic carbocycles. The Balaban J connectivity index is 0.000000671. The molecule has 0 aliphatic rings. The number of nitrogens with zero attached hydrogens (tertiary/aromatic N) is 1. The molecule has 2 N–H and O–H groups in total. The number of hydrogen-bond acceptors (Lipinski definition) is 3. The summed E-state index contributed by atoms with van der Waals surface area (Å²) in [6.45, 7) is 5.58. The lowest BCUT2D eigenvalue weighted by Crippen LogP contribution is -2.18. The molecule has 1 rings (SSSR count). The van der Waals surface area contributed by atoms with Crippen molar-refractivity contribution in [2.24, 2.45) is 0 Å². The van der Waals surface area contributed by atoms with E-state index in [4.69, 9.17) is 5.11 Å². The van der Waals surface area contributed by atoms with Gasteiger partial charge in [-0.05, 0) is 6.92 Å². The van der Waals surface area contributed by atoms with Crippen molar-refractivity contribution in [3.8, 4) is 0 Å². The Morgan fingerprint density at radius 2 is 2.08 bits per heavy atom. The number of aromatic nitrogens is 2. The van der Waals surface area contributed by atoms with Crippen molar-refractivity contribution in [2.75, 3.05) is 0 Å². The number of carbonyl (C=O) groups is 1. The number of hydrogen-bond donors (Lipinski definition) is 2. The van der Waals surface area contributed by atoms with Crippen molar-refractivity contribution in [2.45, 2.75) is 20.8 Å². The highest BCUT2D eigenvalue weighted by atomic mass is 16.4. The zero-order chi connectivity index (χ0) is 10.4. The van der Waals surface area contributed by atoms with Crippen LogP contribution in [-0.4, -0.2) is 21.0 Å². The number of H-pyrrole nitrogens is 1. The second-order valence-corrected chi connectivity index (χ2v) is 2.02. The molecule has 1 heterocycles. The zero-order valence-corrected chi connectivity index (χ0v) is 7.79. The highest BCUT2D eigenvalue weighted by Gasteiger charge is 2.07. The van der Waals surface area contributed by atoms with E-state index in [1.807, 2.05) is 13.8 Å². The van der Waals surface area contributed by atoms with Gasteiger partial charge in [0.2, 0.25) is 0 Å². The van der Waals surface area contributed by atoms with Crippen molar-refractivity contribution in [3.63, 3.8) is 0 Å². The number of aromatic amines is 1. The number of nitrogens with one attached hydrogen (secondary N) is 1. The largest absolute Gasteiger partial charge is 0.477 e. The third kappa shape index (κ3) is 3.06. The molecule has 0 aromatic carbocycles. The van der Waals surface area contributed by atoms with E-state index in [1.165, 1.54) is 0 Å². The maximum absolute atomic E-state index is 10.8. The molecule has 1 aromatic heterocycles. The number of aromatic carboxylic acids is 1. The Hall–Kier alpha value is -1.65. The molecule has 0 fully saturated rings. The van der Waals surface area contributed by atoms with Gasteiger partial charge >= 0.3 is 5.97 Å². The quantitative estimate of drug-likeness (QED) is 0.676. The van der Waals surface area contributed by atoms with Gasteiger partial charge in [0.1, 0.15) is 11.4 Å². The maximum Gasteiger partial charge on any atom is 0.342 e. The van der Waals surface area contributed by atoms with Crippen molar-refractivity contribution in [1.29, 1.82) is 0 Å². The fourth-order valence-corrected chi connectivity index (χ4v) is 0.636. The van der Waals surface area contributed by atoms with Crippen LogP contribution in [0, 0.1) is 6.92 Å². The van der Waals surface area contributed by atoms with Gasteiger partial charge in [-0.15, -0.1) is 0 Å². The maximum atomic E-state index is 10.8. The molecular formula is C8H12N2O3. The van der Waals surface area contributed by atoms with Crippen LogP contribution in [0.25, 0.3) is 0 Å². The number of rotatable bonds is 1. The molecule has 72 valence electrons. The Bertz CT molecular complexity index is 343. The van der Waals surface area contributed by atoms with Gasteiger partial charge < -0.3 is 10.1 Å². The van der Waals surface area contributed by atoms with Gasteiger partial charge in [-0.1, -0.05) is 13.8 Å². The van der Waals surface area contributed by atoms with Gasteiger partial charge in [-0.3, -0.25) is 4.79 Å².